The van der Waals surface area contributed by atoms with Crippen LogP contribution >= 0.6 is 0 Å². The Hall–Kier alpha value is -3.05. The summed E-state index contributed by atoms with van der Waals surface area (Å²) in [6.07, 6.45) is -3.41. The van der Waals surface area contributed by atoms with Crippen LogP contribution in [0.15, 0.2) is 24.5 Å². The molecule has 2 fully saturated rings. The molecule has 0 aliphatic carbocycles. The minimum atomic E-state index is -4.48. The molecule has 5 rings (SSSR count). The molecule has 2 aliphatic heterocycles. The van der Waals surface area contributed by atoms with Gasteiger partial charge in [-0.3, -0.25) is 4.98 Å². The Kier molecular flexibility index (Phi) is 4.71. The molecule has 170 valence electrons. The summed E-state index contributed by atoms with van der Waals surface area (Å²) >= 11 is 0. The van der Waals surface area contributed by atoms with Crippen LogP contribution in [0.2, 0.25) is 0 Å². The lowest BCUT2D eigenvalue weighted by Gasteiger charge is -2.48. The third-order valence-electron chi connectivity index (χ3n) is 6.14. The summed E-state index contributed by atoms with van der Waals surface area (Å²) in [7, 11) is 0. The molecule has 0 saturated carbocycles. The lowest BCUT2D eigenvalue weighted by atomic mass is 9.79. The van der Waals surface area contributed by atoms with Gasteiger partial charge in [-0.2, -0.15) is 23.3 Å². The first-order chi connectivity index (χ1) is 15.1. The van der Waals surface area contributed by atoms with Crippen LogP contribution in [0.5, 0.6) is 0 Å². The molecular formula is C20H20F5N7. The van der Waals surface area contributed by atoms with E-state index < -0.39 is 24.8 Å². The summed E-state index contributed by atoms with van der Waals surface area (Å²) in [5, 5.41) is 4.77. The first-order valence-corrected chi connectivity index (χ1v) is 10.2. The van der Waals surface area contributed by atoms with Gasteiger partial charge in [-0.15, -0.1) is 0 Å². The first-order valence-electron chi connectivity index (χ1n) is 10.2. The van der Waals surface area contributed by atoms with Crippen molar-refractivity contribution in [3.05, 3.63) is 35.9 Å². The predicted molar refractivity (Wildman–Crippen MR) is 107 cm³/mol. The molecular weight excluding hydrogens is 433 g/mol. The van der Waals surface area contributed by atoms with E-state index in [9.17, 15) is 22.0 Å². The predicted octanol–water partition coefficient (Wildman–Crippen LogP) is 3.53. The number of aryl methyl sites for hydroxylation is 1. The third-order valence-corrected chi connectivity index (χ3v) is 6.14. The highest BCUT2D eigenvalue weighted by Gasteiger charge is 2.49. The van der Waals surface area contributed by atoms with Gasteiger partial charge in [-0.05, 0) is 25.5 Å². The Labute approximate surface area is 179 Å². The van der Waals surface area contributed by atoms with Crippen LogP contribution in [0.3, 0.4) is 0 Å². The van der Waals surface area contributed by atoms with Gasteiger partial charge in [0.2, 0.25) is 5.95 Å². The largest absolute Gasteiger partial charge is 0.433 e. The first kappa shape index (κ1) is 20.8. The zero-order valence-electron chi connectivity index (χ0n) is 17.1. The van der Waals surface area contributed by atoms with Gasteiger partial charge in [0.1, 0.15) is 12.2 Å². The lowest BCUT2D eigenvalue weighted by Crippen LogP contribution is -2.58. The monoisotopic (exact) mass is 453 g/mol. The Morgan fingerprint density at radius 3 is 2.59 bits per heavy atom. The number of halogens is 5. The fraction of sp³-hybridized carbons (Fsp3) is 0.500. The van der Waals surface area contributed by atoms with Crippen molar-refractivity contribution >= 4 is 22.7 Å². The van der Waals surface area contributed by atoms with E-state index >= 15 is 0 Å². The Balaban J connectivity index is 1.30. The molecule has 3 aromatic rings. The van der Waals surface area contributed by atoms with Gasteiger partial charge in [0, 0.05) is 49.7 Å². The van der Waals surface area contributed by atoms with Crippen molar-refractivity contribution in [2.24, 2.45) is 5.41 Å². The van der Waals surface area contributed by atoms with Crippen molar-refractivity contribution in [3.8, 4) is 0 Å². The summed E-state index contributed by atoms with van der Waals surface area (Å²) in [6, 6.07) is 2.67. The second kappa shape index (κ2) is 7.24. The molecule has 7 nitrogen and oxygen atoms in total. The molecule has 0 aromatic carbocycles. The fourth-order valence-corrected chi connectivity index (χ4v) is 4.60. The molecule has 0 atom stereocenters. The standard InChI is InChI=1S/C20H20F5N7/c1-12-14-7-27-18(28-17(14)32(29-12)8-16(21)22)31-10-19(11-31)3-5-30(9-19)13-2-4-26-15(6-13)20(23,24)25/h2,4,6-7,16H,3,5,8-11H2,1H3. The zero-order valence-corrected chi connectivity index (χ0v) is 17.1. The lowest BCUT2D eigenvalue weighted by molar-refractivity contribution is -0.141. The molecule has 5 heterocycles. The van der Waals surface area contributed by atoms with Crippen LogP contribution in [-0.4, -0.2) is 57.3 Å². The quantitative estimate of drug-likeness (QED) is 0.564. The van der Waals surface area contributed by atoms with E-state index in [1.807, 2.05) is 9.80 Å². The summed E-state index contributed by atoms with van der Waals surface area (Å²) < 4.78 is 65.9. The molecule has 12 heteroatoms. The normalized spacial score (nSPS) is 18.2. The Morgan fingerprint density at radius 2 is 1.88 bits per heavy atom. The minimum Gasteiger partial charge on any atom is -0.371 e. The molecule has 2 aliphatic rings. The summed E-state index contributed by atoms with van der Waals surface area (Å²) in [6.45, 7) is 3.75. The van der Waals surface area contributed by atoms with E-state index in [4.69, 9.17) is 0 Å². The van der Waals surface area contributed by atoms with Crippen molar-refractivity contribution in [3.63, 3.8) is 0 Å². The molecule has 0 amide bonds. The number of rotatable bonds is 4. The summed E-state index contributed by atoms with van der Waals surface area (Å²) in [4.78, 5) is 16.2. The number of alkyl halides is 5. The average molecular weight is 453 g/mol. The highest BCUT2D eigenvalue weighted by Crippen LogP contribution is 2.43. The smallest absolute Gasteiger partial charge is 0.371 e. The Morgan fingerprint density at radius 1 is 1.12 bits per heavy atom. The van der Waals surface area contributed by atoms with Gasteiger partial charge in [0.05, 0.1) is 11.1 Å². The van der Waals surface area contributed by atoms with Crippen LogP contribution in [0.1, 0.15) is 17.8 Å². The van der Waals surface area contributed by atoms with Crippen LogP contribution < -0.4 is 9.80 Å². The topological polar surface area (TPSA) is 63.0 Å². The van der Waals surface area contributed by atoms with E-state index in [-0.39, 0.29) is 5.41 Å². The molecule has 0 N–H and O–H groups in total. The highest BCUT2D eigenvalue weighted by atomic mass is 19.4. The molecule has 32 heavy (non-hydrogen) atoms. The number of nitrogens with zero attached hydrogens (tertiary/aromatic N) is 7. The molecule has 0 bridgehead atoms. The van der Waals surface area contributed by atoms with E-state index in [0.29, 0.717) is 54.5 Å². The molecule has 0 unspecified atom stereocenters. The van der Waals surface area contributed by atoms with Crippen molar-refractivity contribution in [2.75, 3.05) is 36.0 Å². The maximum Gasteiger partial charge on any atom is 0.433 e. The summed E-state index contributed by atoms with van der Waals surface area (Å²) in [5.41, 5.74) is 0.502. The Bertz CT molecular complexity index is 1150. The maximum atomic E-state index is 13.0. The minimum absolute atomic E-state index is 0.0703. The fourth-order valence-electron chi connectivity index (χ4n) is 4.60. The van der Waals surface area contributed by atoms with E-state index in [0.717, 1.165) is 12.5 Å². The average Bonchev–Trinajstić information content (AvgIpc) is 3.28. The number of hydrogen-bond donors (Lipinski definition) is 0. The number of hydrogen-bond acceptors (Lipinski definition) is 6. The van der Waals surface area contributed by atoms with Crippen LogP contribution in [0.4, 0.5) is 33.6 Å². The van der Waals surface area contributed by atoms with Gasteiger partial charge in [-0.25, -0.2) is 18.4 Å². The van der Waals surface area contributed by atoms with E-state index in [1.165, 1.54) is 10.9 Å². The molecule has 3 aromatic heterocycles. The van der Waals surface area contributed by atoms with E-state index in [1.54, 1.807) is 19.2 Å². The van der Waals surface area contributed by atoms with Gasteiger partial charge in [-0.1, -0.05) is 0 Å². The van der Waals surface area contributed by atoms with Crippen molar-refractivity contribution < 1.29 is 22.0 Å². The SMILES string of the molecule is Cc1nn(CC(F)F)c2nc(N3CC4(CCN(c5ccnc(C(F)(F)F)c5)C4)C3)ncc12. The second-order valence-corrected chi connectivity index (χ2v) is 8.49. The highest BCUT2D eigenvalue weighted by molar-refractivity contribution is 5.78. The van der Waals surface area contributed by atoms with E-state index in [2.05, 4.69) is 20.1 Å². The van der Waals surface area contributed by atoms with Gasteiger partial charge in [0.25, 0.3) is 6.43 Å². The van der Waals surface area contributed by atoms with Gasteiger partial charge in [0.15, 0.2) is 5.65 Å². The molecule has 0 radical (unpaired) electrons. The maximum absolute atomic E-state index is 13.0. The van der Waals surface area contributed by atoms with Crippen molar-refractivity contribution in [1.29, 1.82) is 0 Å². The van der Waals surface area contributed by atoms with Crippen LogP contribution in [-0.2, 0) is 12.7 Å². The zero-order chi connectivity index (χ0) is 22.7. The number of aromatic nitrogens is 5. The number of pyridine rings is 1. The number of fused-ring (bicyclic) bond motifs is 1. The van der Waals surface area contributed by atoms with Crippen LogP contribution in [0, 0.1) is 12.3 Å². The second-order valence-electron chi connectivity index (χ2n) is 8.49. The van der Waals surface area contributed by atoms with Crippen LogP contribution in [0.25, 0.3) is 11.0 Å². The van der Waals surface area contributed by atoms with Gasteiger partial charge >= 0.3 is 6.18 Å². The summed E-state index contributed by atoms with van der Waals surface area (Å²) in [5.74, 6) is 0.445. The molecule has 1 spiro atoms. The van der Waals surface area contributed by atoms with Crippen molar-refractivity contribution in [2.45, 2.75) is 32.5 Å². The third kappa shape index (κ3) is 3.61. The number of anilines is 2. The van der Waals surface area contributed by atoms with Crippen molar-refractivity contribution in [1.82, 2.24) is 24.7 Å². The molecule has 2 saturated heterocycles. The van der Waals surface area contributed by atoms with Gasteiger partial charge < -0.3 is 9.80 Å².